The third-order valence-electron chi connectivity index (χ3n) is 2.70. The molecule has 0 aromatic heterocycles. The maximum Gasteiger partial charge on any atom is 0.0930 e. The molecule has 0 fully saturated rings. The van der Waals surface area contributed by atoms with E-state index >= 15 is 0 Å². The number of halogens is 1. The van der Waals surface area contributed by atoms with Gasteiger partial charge in [0.25, 0.3) is 0 Å². The molecule has 0 amide bonds. The van der Waals surface area contributed by atoms with Gasteiger partial charge in [0.05, 0.1) is 5.71 Å². The third-order valence-corrected chi connectivity index (χ3v) is 3.19. The lowest BCUT2D eigenvalue weighted by Crippen LogP contribution is -2.20. The van der Waals surface area contributed by atoms with Gasteiger partial charge in [-0.15, -0.1) is 0 Å². The summed E-state index contributed by atoms with van der Waals surface area (Å²) in [5.74, 6) is 0. The molecule has 14 heavy (non-hydrogen) atoms. The van der Waals surface area contributed by atoms with Gasteiger partial charge in [0.2, 0.25) is 0 Å². The van der Waals surface area contributed by atoms with Crippen LogP contribution >= 0.6 is 15.9 Å². The van der Waals surface area contributed by atoms with Crippen molar-refractivity contribution in [3.8, 4) is 0 Å². The molecule has 2 rings (SSSR count). The van der Waals surface area contributed by atoms with E-state index < -0.39 is 0 Å². The number of hydrogen-bond donors (Lipinski definition) is 1. The van der Waals surface area contributed by atoms with Crippen molar-refractivity contribution in [1.29, 1.82) is 0 Å². The van der Waals surface area contributed by atoms with Crippen molar-refractivity contribution in [2.75, 3.05) is 0 Å². The highest BCUT2D eigenvalue weighted by molar-refractivity contribution is 9.10. The van der Waals surface area contributed by atoms with Gasteiger partial charge in [-0.25, -0.2) is 0 Å². The second kappa shape index (κ2) is 3.09. The molecule has 1 aliphatic rings. The first-order valence-corrected chi connectivity index (χ1v) is 5.35. The fraction of sp³-hybridized carbons (Fsp3) is 0.364. The Morgan fingerprint density at radius 3 is 2.79 bits per heavy atom. The minimum absolute atomic E-state index is 0.0577. The van der Waals surface area contributed by atoms with E-state index in [4.69, 9.17) is 5.21 Å². The van der Waals surface area contributed by atoms with Crippen molar-refractivity contribution >= 4 is 21.6 Å². The molecule has 3 heteroatoms. The Bertz CT molecular complexity index is 410. The summed E-state index contributed by atoms with van der Waals surface area (Å²) in [6.07, 6.45) is 0.939. The highest BCUT2D eigenvalue weighted by atomic mass is 79.9. The summed E-state index contributed by atoms with van der Waals surface area (Å²) in [5, 5.41) is 12.4. The molecule has 1 aromatic rings. The molecule has 1 aromatic carbocycles. The molecule has 0 spiro atoms. The third kappa shape index (κ3) is 1.36. The zero-order chi connectivity index (χ0) is 10.3. The Balaban J connectivity index is 2.61. The fourth-order valence-electron chi connectivity index (χ4n) is 2.04. The zero-order valence-electron chi connectivity index (χ0n) is 8.21. The Morgan fingerprint density at radius 1 is 1.43 bits per heavy atom. The highest BCUT2D eigenvalue weighted by Gasteiger charge is 2.35. The average Bonchev–Trinajstić information content (AvgIpc) is 2.34. The molecule has 0 atom stereocenters. The number of rotatable bonds is 0. The van der Waals surface area contributed by atoms with Crippen molar-refractivity contribution in [3.05, 3.63) is 33.8 Å². The molecule has 0 unspecified atom stereocenters. The van der Waals surface area contributed by atoms with Gasteiger partial charge in [0.1, 0.15) is 0 Å². The highest BCUT2D eigenvalue weighted by Crippen LogP contribution is 2.37. The number of oxime groups is 1. The van der Waals surface area contributed by atoms with E-state index in [-0.39, 0.29) is 5.41 Å². The van der Waals surface area contributed by atoms with Crippen molar-refractivity contribution in [2.24, 2.45) is 10.6 Å². The van der Waals surface area contributed by atoms with Crippen LogP contribution in [0.15, 0.2) is 27.8 Å². The molecular weight excluding hydrogens is 242 g/mol. The van der Waals surface area contributed by atoms with Gasteiger partial charge in [0.15, 0.2) is 0 Å². The first-order chi connectivity index (χ1) is 6.54. The van der Waals surface area contributed by atoms with E-state index in [1.807, 2.05) is 12.1 Å². The lowest BCUT2D eigenvalue weighted by atomic mass is 9.88. The Hall–Kier alpha value is -0.830. The molecule has 0 radical (unpaired) electrons. The summed E-state index contributed by atoms with van der Waals surface area (Å²) in [6, 6.07) is 6.12. The van der Waals surface area contributed by atoms with Crippen LogP contribution in [0.25, 0.3) is 0 Å². The van der Waals surface area contributed by atoms with Gasteiger partial charge >= 0.3 is 0 Å². The van der Waals surface area contributed by atoms with Gasteiger partial charge in [-0.05, 0) is 24.1 Å². The molecule has 1 N–H and O–H groups in total. The summed E-state index contributed by atoms with van der Waals surface area (Å²) in [6.45, 7) is 4.19. The van der Waals surface area contributed by atoms with Crippen LogP contribution in [0.2, 0.25) is 0 Å². The number of nitrogens with zero attached hydrogens (tertiary/aromatic N) is 1. The van der Waals surface area contributed by atoms with Crippen molar-refractivity contribution in [1.82, 2.24) is 0 Å². The maximum atomic E-state index is 9.01. The van der Waals surface area contributed by atoms with Crippen LogP contribution in [0.4, 0.5) is 0 Å². The quantitative estimate of drug-likeness (QED) is 0.559. The lowest BCUT2D eigenvalue weighted by Gasteiger charge is -2.16. The van der Waals surface area contributed by atoms with E-state index in [1.54, 1.807) is 0 Å². The van der Waals surface area contributed by atoms with Crippen molar-refractivity contribution in [2.45, 2.75) is 20.3 Å². The Morgan fingerprint density at radius 2 is 2.14 bits per heavy atom. The predicted octanol–water partition coefficient (Wildman–Crippen LogP) is 3.21. The van der Waals surface area contributed by atoms with E-state index in [0.29, 0.717) is 0 Å². The van der Waals surface area contributed by atoms with Gasteiger partial charge in [0, 0.05) is 15.5 Å². The van der Waals surface area contributed by atoms with Crippen molar-refractivity contribution < 1.29 is 5.21 Å². The second-order valence-corrected chi connectivity index (χ2v) is 5.23. The first-order valence-electron chi connectivity index (χ1n) is 4.56. The minimum atomic E-state index is -0.0577. The SMILES string of the molecule is CC1(C)Cc2ccc(Br)cc2C1=NO. The van der Waals surface area contributed by atoms with Crippen LogP contribution < -0.4 is 0 Å². The average molecular weight is 254 g/mol. The Kier molecular flexibility index (Phi) is 2.14. The van der Waals surface area contributed by atoms with Crippen LogP contribution in [0, 0.1) is 5.41 Å². The summed E-state index contributed by atoms with van der Waals surface area (Å²) in [5.41, 5.74) is 3.05. The van der Waals surface area contributed by atoms with Crippen LogP contribution in [-0.4, -0.2) is 10.9 Å². The molecular formula is C11H12BrNO. The minimum Gasteiger partial charge on any atom is -0.411 e. The molecule has 0 aliphatic heterocycles. The fourth-order valence-corrected chi connectivity index (χ4v) is 2.40. The van der Waals surface area contributed by atoms with Crippen LogP contribution in [-0.2, 0) is 6.42 Å². The predicted molar refractivity (Wildman–Crippen MR) is 60.0 cm³/mol. The van der Waals surface area contributed by atoms with Crippen LogP contribution in [0.1, 0.15) is 25.0 Å². The smallest absolute Gasteiger partial charge is 0.0930 e. The molecule has 1 aliphatic carbocycles. The van der Waals surface area contributed by atoms with Gasteiger partial charge in [-0.3, -0.25) is 0 Å². The Labute approximate surface area is 91.8 Å². The lowest BCUT2D eigenvalue weighted by molar-refractivity contribution is 0.311. The molecule has 2 nitrogen and oxygen atoms in total. The standard InChI is InChI=1S/C11H12BrNO/c1-11(2)6-7-3-4-8(12)5-9(7)10(11)13-14/h3-5,14H,6H2,1-2H3. The second-order valence-electron chi connectivity index (χ2n) is 4.31. The molecule has 74 valence electrons. The van der Waals surface area contributed by atoms with Gasteiger partial charge in [-0.2, -0.15) is 0 Å². The monoisotopic (exact) mass is 253 g/mol. The summed E-state index contributed by atoms with van der Waals surface area (Å²) in [4.78, 5) is 0. The van der Waals surface area contributed by atoms with Crippen LogP contribution in [0.3, 0.4) is 0 Å². The van der Waals surface area contributed by atoms with E-state index in [0.717, 1.165) is 22.2 Å². The van der Waals surface area contributed by atoms with E-state index in [2.05, 4.69) is 41.0 Å². The topological polar surface area (TPSA) is 32.6 Å². The number of benzene rings is 1. The molecule has 0 heterocycles. The number of fused-ring (bicyclic) bond motifs is 1. The zero-order valence-corrected chi connectivity index (χ0v) is 9.80. The largest absolute Gasteiger partial charge is 0.411 e. The summed E-state index contributed by atoms with van der Waals surface area (Å²) >= 11 is 3.42. The summed E-state index contributed by atoms with van der Waals surface area (Å²) < 4.78 is 1.02. The van der Waals surface area contributed by atoms with Crippen molar-refractivity contribution in [3.63, 3.8) is 0 Å². The maximum absolute atomic E-state index is 9.01. The van der Waals surface area contributed by atoms with E-state index in [9.17, 15) is 0 Å². The number of hydrogen-bond acceptors (Lipinski definition) is 2. The molecule has 0 saturated heterocycles. The molecule has 0 bridgehead atoms. The molecule has 0 saturated carbocycles. The van der Waals surface area contributed by atoms with E-state index in [1.165, 1.54) is 5.56 Å². The normalized spacial score (nSPS) is 21.2. The first kappa shape index (κ1) is 9.71. The van der Waals surface area contributed by atoms with Crippen LogP contribution in [0.5, 0.6) is 0 Å². The van der Waals surface area contributed by atoms with Gasteiger partial charge in [-0.1, -0.05) is 41.0 Å². The van der Waals surface area contributed by atoms with Gasteiger partial charge < -0.3 is 5.21 Å². The summed E-state index contributed by atoms with van der Waals surface area (Å²) in [7, 11) is 0.